The smallest absolute Gasteiger partial charge is 0.321 e. The highest BCUT2D eigenvalue weighted by atomic mass is 19.1. The summed E-state index contributed by atoms with van der Waals surface area (Å²) >= 11 is 0. The van der Waals surface area contributed by atoms with Crippen molar-refractivity contribution in [1.29, 1.82) is 0 Å². The second kappa shape index (κ2) is 10.6. The molecule has 3 N–H and O–H groups in total. The Hall–Kier alpha value is -3.42. The van der Waals surface area contributed by atoms with Crippen molar-refractivity contribution in [2.75, 3.05) is 25.0 Å². The number of urea groups is 1. The van der Waals surface area contributed by atoms with Crippen molar-refractivity contribution in [1.82, 2.24) is 15.5 Å². The van der Waals surface area contributed by atoms with Crippen LogP contribution in [0.3, 0.4) is 0 Å². The van der Waals surface area contributed by atoms with Gasteiger partial charge < -0.3 is 20.9 Å². The molecule has 4 amide bonds. The zero-order chi connectivity index (χ0) is 22.2. The van der Waals surface area contributed by atoms with Crippen LogP contribution in [0.5, 0.6) is 0 Å². The lowest BCUT2D eigenvalue weighted by Gasteiger charge is -2.32. The van der Waals surface area contributed by atoms with E-state index in [1.165, 1.54) is 24.3 Å². The van der Waals surface area contributed by atoms with Crippen molar-refractivity contribution in [2.45, 2.75) is 25.8 Å². The number of halogens is 1. The van der Waals surface area contributed by atoms with Crippen LogP contribution in [0.2, 0.25) is 0 Å². The summed E-state index contributed by atoms with van der Waals surface area (Å²) in [5.41, 5.74) is 1.46. The van der Waals surface area contributed by atoms with E-state index in [1.807, 2.05) is 37.3 Å². The number of nitrogens with zero attached hydrogens (tertiary/aromatic N) is 1. The molecule has 0 aliphatic carbocycles. The minimum absolute atomic E-state index is 0.193. The number of likely N-dealkylation sites (tertiary alicyclic amines) is 1. The number of hydrogen-bond acceptors (Lipinski definition) is 3. The highest BCUT2D eigenvalue weighted by molar-refractivity contribution is 6.35. The molecule has 0 bridgehead atoms. The molecule has 8 heteroatoms. The monoisotopic (exact) mass is 426 g/mol. The van der Waals surface area contributed by atoms with Gasteiger partial charge in [0.05, 0.1) is 6.04 Å². The number of carbonyl (C=O) groups excluding carboxylic acids is 3. The lowest BCUT2D eigenvalue weighted by Crippen LogP contribution is -2.46. The van der Waals surface area contributed by atoms with Crippen LogP contribution in [0.15, 0.2) is 54.6 Å². The first-order chi connectivity index (χ1) is 14.9. The molecule has 2 aromatic carbocycles. The predicted octanol–water partition coefficient (Wildman–Crippen LogP) is 3.06. The number of rotatable bonds is 5. The molecule has 0 radical (unpaired) electrons. The summed E-state index contributed by atoms with van der Waals surface area (Å²) in [6, 6.07) is 14.6. The Balaban J connectivity index is 1.37. The molecule has 164 valence electrons. The van der Waals surface area contributed by atoms with Crippen molar-refractivity contribution in [3.8, 4) is 0 Å². The van der Waals surface area contributed by atoms with E-state index in [0.29, 0.717) is 25.3 Å². The molecule has 1 aliphatic rings. The van der Waals surface area contributed by atoms with Gasteiger partial charge in [0.15, 0.2) is 0 Å². The van der Waals surface area contributed by atoms with Crippen LogP contribution >= 0.6 is 0 Å². The average molecular weight is 426 g/mol. The molecule has 1 fully saturated rings. The molecule has 1 heterocycles. The third kappa shape index (κ3) is 6.53. The van der Waals surface area contributed by atoms with Gasteiger partial charge in [-0.05, 0) is 55.5 Å². The van der Waals surface area contributed by atoms with Gasteiger partial charge in [0.1, 0.15) is 5.82 Å². The molecule has 2 aromatic rings. The average Bonchev–Trinajstić information content (AvgIpc) is 2.79. The highest BCUT2D eigenvalue weighted by Crippen LogP contribution is 2.18. The molecule has 0 aromatic heterocycles. The van der Waals surface area contributed by atoms with Crippen molar-refractivity contribution >= 4 is 23.5 Å². The SMILES string of the molecule is C[C@@H](NC(=O)C(=O)NCC1CCN(C(=O)Nc2ccc(F)cc2)CC1)c1ccccc1. The molecular formula is C23H27FN4O3. The molecule has 0 saturated carbocycles. The van der Waals surface area contributed by atoms with Gasteiger partial charge >= 0.3 is 17.8 Å². The molecular weight excluding hydrogens is 399 g/mol. The van der Waals surface area contributed by atoms with Gasteiger partial charge in [0.25, 0.3) is 0 Å². The second-order valence-corrected chi connectivity index (χ2v) is 7.68. The number of benzene rings is 2. The summed E-state index contributed by atoms with van der Waals surface area (Å²) in [5.74, 6) is -1.48. The van der Waals surface area contributed by atoms with Crippen LogP contribution in [-0.4, -0.2) is 42.4 Å². The highest BCUT2D eigenvalue weighted by Gasteiger charge is 2.24. The predicted molar refractivity (Wildman–Crippen MR) is 116 cm³/mol. The third-order valence-electron chi connectivity index (χ3n) is 5.40. The molecule has 7 nitrogen and oxygen atoms in total. The lowest BCUT2D eigenvalue weighted by atomic mass is 9.97. The fourth-order valence-electron chi connectivity index (χ4n) is 3.48. The Kier molecular flexibility index (Phi) is 7.59. The lowest BCUT2D eigenvalue weighted by molar-refractivity contribution is -0.139. The van der Waals surface area contributed by atoms with Crippen LogP contribution in [0.1, 0.15) is 31.4 Å². The number of nitrogens with one attached hydrogen (secondary N) is 3. The van der Waals surface area contributed by atoms with E-state index in [4.69, 9.17) is 0 Å². The Bertz CT molecular complexity index is 897. The van der Waals surface area contributed by atoms with Gasteiger partial charge in [-0.3, -0.25) is 9.59 Å². The van der Waals surface area contributed by atoms with E-state index in [-0.39, 0.29) is 23.8 Å². The maximum Gasteiger partial charge on any atom is 0.321 e. The maximum absolute atomic E-state index is 13.0. The van der Waals surface area contributed by atoms with Gasteiger partial charge in [0, 0.05) is 25.3 Å². The maximum atomic E-state index is 13.0. The number of amides is 4. The molecule has 1 atom stereocenters. The minimum Gasteiger partial charge on any atom is -0.348 e. The molecule has 0 unspecified atom stereocenters. The van der Waals surface area contributed by atoms with Crippen LogP contribution < -0.4 is 16.0 Å². The Labute approximate surface area is 181 Å². The zero-order valence-electron chi connectivity index (χ0n) is 17.4. The number of piperidine rings is 1. The van der Waals surface area contributed by atoms with Gasteiger partial charge in [0.2, 0.25) is 0 Å². The van der Waals surface area contributed by atoms with Crippen LogP contribution in [0.4, 0.5) is 14.9 Å². The number of anilines is 1. The summed E-state index contributed by atoms with van der Waals surface area (Å²) in [7, 11) is 0. The standard InChI is InChI=1S/C23H27FN4O3/c1-16(18-5-3-2-4-6-18)26-22(30)21(29)25-15-17-11-13-28(14-12-17)23(31)27-20-9-7-19(24)8-10-20/h2-10,16-17H,11-15H2,1H3,(H,25,29)(H,26,30)(H,27,31)/t16-/m1/s1. The van der Waals surface area contributed by atoms with Crippen LogP contribution in [0.25, 0.3) is 0 Å². The zero-order valence-corrected chi connectivity index (χ0v) is 17.4. The molecule has 1 aliphatic heterocycles. The summed E-state index contributed by atoms with van der Waals surface area (Å²) in [6.45, 7) is 3.31. The summed E-state index contributed by atoms with van der Waals surface area (Å²) in [6.07, 6.45) is 1.44. The van der Waals surface area contributed by atoms with E-state index in [0.717, 1.165) is 18.4 Å². The van der Waals surface area contributed by atoms with Crippen molar-refractivity contribution in [3.05, 3.63) is 66.0 Å². The van der Waals surface area contributed by atoms with Crippen molar-refractivity contribution < 1.29 is 18.8 Å². The first-order valence-electron chi connectivity index (χ1n) is 10.4. The Morgan fingerprint density at radius 2 is 1.65 bits per heavy atom. The fraction of sp³-hybridized carbons (Fsp3) is 0.348. The van der Waals surface area contributed by atoms with E-state index < -0.39 is 11.8 Å². The van der Waals surface area contributed by atoms with E-state index in [9.17, 15) is 18.8 Å². The minimum atomic E-state index is -0.660. The van der Waals surface area contributed by atoms with Crippen molar-refractivity contribution in [3.63, 3.8) is 0 Å². The Morgan fingerprint density at radius 3 is 2.29 bits per heavy atom. The van der Waals surface area contributed by atoms with E-state index >= 15 is 0 Å². The molecule has 1 saturated heterocycles. The summed E-state index contributed by atoms with van der Waals surface area (Å²) in [4.78, 5) is 38.3. The van der Waals surface area contributed by atoms with E-state index in [1.54, 1.807) is 4.90 Å². The molecule has 3 rings (SSSR count). The van der Waals surface area contributed by atoms with Gasteiger partial charge in [-0.15, -0.1) is 0 Å². The normalized spacial score (nSPS) is 15.1. The van der Waals surface area contributed by atoms with Crippen LogP contribution in [0, 0.1) is 11.7 Å². The Morgan fingerprint density at radius 1 is 1.00 bits per heavy atom. The molecule has 31 heavy (non-hydrogen) atoms. The first-order valence-corrected chi connectivity index (χ1v) is 10.4. The van der Waals surface area contributed by atoms with Crippen LogP contribution in [-0.2, 0) is 9.59 Å². The first kappa shape index (κ1) is 22.3. The largest absolute Gasteiger partial charge is 0.348 e. The number of hydrogen-bond donors (Lipinski definition) is 3. The summed E-state index contributed by atoms with van der Waals surface area (Å²) < 4.78 is 13.0. The van der Waals surface area contributed by atoms with Gasteiger partial charge in [-0.25, -0.2) is 9.18 Å². The van der Waals surface area contributed by atoms with E-state index in [2.05, 4.69) is 16.0 Å². The quantitative estimate of drug-likeness (QED) is 0.642. The fourth-order valence-corrected chi connectivity index (χ4v) is 3.48. The summed E-state index contributed by atoms with van der Waals surface area (Å²) in [5, 5.41) is 8.14. The number of carbonyl (C=O) groups is 3. The second-order valence-electron chi connectivity index (χ2n) is 7.68. The van der Waals surface area contributed by atoms with Gasteiger partial charge in [-0.1, -0.05) is 30.3 Å². The van der Waals surface area contributed by atoms with Crippen molar-refractivity contribution in [2.24, 2.45) is 5.92 Å². The van der Waals surface area contributed by atoms with Gasteiger partial charge in [-0.2, -0.15) is 0 Å². The molecule has 0 spiro atoms. The topological polar surface area (TPSA) is 90.5 Å². The third-order valence-corrected chi connectivity index (χ3v) is 5.40.